The quantitative estimate of drug-likeness (QED) is 0.588. The van der Waals surface area contributed by atoms with Gasteiger partial charge in [0.1, 0.15) is 6.04 Å². The smallest absolute Gasteiger partial charge is 0.336 e. The van der Waals surface area contributed by atoms with E-state index in [2.05, 4.69) is 0 Å². The molecular weight excluding hydrogens is 217 g/mol. The average molecular weight is 224 g/mol. The van der Waals surface area contributed by atoms with Crippen LogP contribution in [0.25, 0.3) is 0 Å². The predicted molar refractivity (Wildman–Crippen MR) is 40.4 cm³/mol. The van der Waals surface area contributed by atoms with Crippen molar-refractivity contribution in [2.24, 2.45) is 0 Å². The highest BCUT2D eigenvalue weighted by atomic mass is 19.4. The number of carbonyl (C=O) groups is 3. The molecule has 0 aliphatic carbocycles. The minimum Gasteiger partial charge on any atom is -0.336 e. The second-order valence-corrected chi connectivity index (χ2v) is 2.97. The molecule has 1 fully saturated rings. The number of imide groups is 1. The molecule has 1 rings (SSSR count). The summed E-state index contributed by atoms with van der Waals surface area (Å²) in [5.74, 6) is -3.65. The molecule has 1 unspecified atom stereocenters. The minimum atomic E-state index is -5.03. The highest BCUT2D eigenvalue weighted by molar-refractivity contribution is 6.01. The number of amides is 3. The zero-order chi connectivity index (χ0) is 11.6. The van der Waals surface area contributed by atoms with E-state index >= 15 is 0 Å². The molecule has 8 heteroatoms. The number of hydrogen-bond donors (Lipinski definition) is 2. The van der Waals surface area contributed by atoms with Crippen molar-refractivity contribution < 1.29 is 27.6 Å². The molecule has 3 amide bonds. The van der Waals surface area contributed by atoms with Crippen LogP contribution in [0.4, 0.5) is 13.2 Å². The lowest BCUT2D eigenvalue weighted by atomic mass is 10.1. The van der Waals surface area contributed by atoms with Crippen LogP contribution in [0.15, 0.2) is 0 Å². The Kier molecular flexibility index (Phi) is 2.96. The van der Waals surface area contributed by atoms with Crippen LogP contribution in [-0.4, -0.2) is 29.9 Å². The Morgan fingerprint density at radius 1 is 1.40 bits per heavy atom. The van der Waals surface area contributed by atoms with Crippen LogP contribution in [0, 0.1) is 0 Å². The largest absolute Gasteiger partial charge is 0.471 e. The van der Waals surface area contributed by atoms with Crippen LogP contribution in [0.2, 0.25) is 0 Å². The van der Waals surface area contributed by atoms with Gasteiger partial charge in [-0.3, -0.25) is 19.7 Å². The van der Waals surface area contributed by atoms with Crippen molar-refractivity contribution in [1.29, 1.82) is 0 Å². The standard InChI is InChI=1S/C7H7F3N2O3/c8-7(9,10)6(15)11-3-1-2-4(13)12-5(3)14/h3H,1-2H2,(H,11,15)(H,12,13,14). The van der Waals surface area contributed by atoms with E-state index in [-0.39, 0.29) is 12.8 Å². The first kappa shape index (κ1) is 11.5. The normalized spacial score (nSPS) is 22.2. The van der Waals surface area contributed by atoms with E-state index in [1.807, 2.05) is 5.32 Å². The third-order valence-electron chi connectivity index (χ3n) is 1.80. The lowest BCUT2D eigenvalue weighted by Gasteiger charge is -2.22. The van der Waals surface area contributed by atoms with Gasteiger partial charge >= 0.3 is 12.1 Å². The van der Waals surface area contributed by atoms with Crippen LogP contribution >= 0.6 is 0 Å². The molecule has 1 aliphatic heterocycles. The SMILES string of the molecule is O=C1CCC(NC(=O)C(F)(F)F)C(=O)N1. The summed E-state index contributed by atoms with van der Waals surface area (Å²) in [6.45, 7) is 0. The number of hydrogen-bond acceptors (Lipinski definition) is 3. The van der Waals surface area contributed by atoms with Crippen molar-refractivity contribution in [2.75, 3.05) is 0 Å². The van der Waals surface area contributed by atoms with Crippen molar-refractivity contribution in [2.45, 2.75) is 25.1 Å². The maximum Gasteiger partial charge on any atom is 0.471 e. The molecule has 0 radical (unpaired) electrons. The fourth-order valence-electron chi connectivity index (χ4n) is 1.07. The van der Waals surface area contributed by atoms with E-state index in [4.69, 9.17) is 0 Å². The summed E-state index contributed by atoms with van der Waals surface area (Å²) in [7, 11) is 0. The molecule has 1 saturated heterocycles. The molecule has 1 atom stereocenters. The van der Waals surface area contributed by atoms with Gasteiger partial charge in [-0.25, -0.2) is 0 Å². The Labute approximate surface area is 82.0 Å². The van der Waals surface area contributed by atoms with E-state index in [1.54, 1.807) is 0 Å². The molecular formula is C7H7F3N2O3. The van der Waals surface area contributed by atoms with Gasteiger partial charge in [0.25, 0.3) is 0 Å². The van der Waals surface area contributed by atoms with E-state index in [9.17, 15) is 27.6 Å². The molecule has 0 aromatic carbocycles. The lowest BCUT2D eigenvalue weighted by molar-refractivity contribution is -0.175. The Morgan fingerprint density at radius 3 is 2.47 bits per heavy atom. The van der Waals surface area contributed by atoms with Crippen molar-refractivity contribution in [1.82, 2.24) is 10.6 Å². The first-order valence-corrected chi connectivity index (χ1v) is 4.02. The first-order chi connectivity index (χ1) is 6.80. The third-order valence-corrected chi connectivity index (χ3v) is 1.80. The molecule has 0 aromatic rings. The van der Waals surface area contributed by atoms with Gasteiger partial charge in [-0.15, -0.1) is 0 Å². The van der Waals surface area contributed by atoms with E-state index in [1.165, 1.54) is 5.32 Å². The Morgan fingerprint density at radius 2 is 2.00 bits per heavy atom. The molecule has 84 valence electrons. The number of alkyl halides is 3. The van der Waals surface area contributed by atoms with Gasteiger partial charge in [0.05, 0.1) is 0 Å². The number of piperidine rings is 1. The molecule has 0 spiro atoms. The molecule has 0 saturated carbocycles. The Bertz CT molecular complexity index is 313. The van der Waals surface area contributed by atoms with Gasteiger partial charge in [0, 0.05) is 6.42 Å². The number of rotatable bonds is 1. The predicted octanol–water partition coefficient (Wildman–Crippen LogP) is -0.530. The van der Waals surface area contributed by atoms with Gasteiger partial charge in [0.2, 0.25) is 11.8 Å². The molecule has 0 bridgehead atoms. The van der Waals surface area contributed by atoms with Crippen molar-refractivity contribution in [3.63, 3.8) is 0 Å². The topological polar surface area (TPSA) is 75.3 Å². The summed E-state index contributed by atoms with van der Waals surface area (Å²) in [4.78, 5) is 32.0. The minimum absolute atomic E-state index is 0.0887. The van der Waals surface area contributed by atoms with Gasteiger partial charge in [-0.05, 0) is 6.42 Å². The molecule has 0 aromatic heterocycles. The second kappa shape index (κ2) is 3.87. The third kappa shape index (κ3) is 2.93. The van der Waals surface area contributed by atoms with Gasteiger partial charge < -0.3 is 5.32 Å². The summed E-state index contributed by atoms with van der Waals surface area (Å²) >= 11 is 0. The first-order valence-electron chi connectivity index (χ1n) is 4.02. The summed E-state index contributed by atoms with van der Waals surface area (Å²) < 4.78 is 35.4. The molecule has 15 heavy (non-hydrogen) atoms. The summed E-state index contributed by atoms with van der Waals surface area (Å²) in [5.41, 5.74) is 0. The Hall–Kier alpha value is -1.60. The van der Waals surface area contributed by atoms with Crippen LogP contribution in [0.5, 0.6) is 0 Å². The molecule has 1 heterocycles. The highest BCUT2D eigenvalue weighted by Gasteiger charge is 2.41. The van der Waals surface area contributed by atoms with Crippen LogP contribution in [0.3, 0.4) is 0 Å². The second-order valence-electron chi connectivity index (χ2n) is 2.97. The molecule has 2 N–H and O–H groups in total. The van der Waals surface area contributed by atoms with E-state index in [0.29, 0.717) is 0 Å². The highest BCUT2D eigenvalue weighted by Crippen LogP contribution is 2.15. The van der Waals surface area contributed by atoms with Crippen LogP contribution < -0.4 is 10.6 Å². The van der Waals surface area contributed by atoms with Crippen molar-refractivity contribution in [3.05, 3.63) is 0 Å². The maximum atomic E-state index is 11.8. The lowest BCUT2D eigenvalue weighted by Crippen LogP contribution is -2.54. The zero-order valence-electron chi connectivity index (χ0n) is 7.35. The fraction of sp³-hybridized carbons (Fsp3) is 0.571. The van der Waals surface area contributed by atoms with Gasteiger partial charge in [0.15, 0.2) is 0 Å². The van der Waals surface area contributed by atoms with E-state index in [0.717, 1.165) is 0 Å². The van der Waals surface area contributed by atoms with E-state index < -0.39 is 29.9 Å². The van der Waals surface area contributed by atoms with Crippen LogP contribution in [0.1, 0.15) is 12.8 Å². The zero-order valence-corrected chi connectivity index (χ0v) is 7.35. The summed E-state index contributed by atoms with van der Waals surface area (Å²) in [5, 5.41) is 3.33. The maximum absolute atomic E-state index is 11.8. The van der Waals surface area contributed by atoms with Crippen molar-refractivity contribution in [3.8, 4) is 0 Å². The van der Waals surface area contributed by atoms with Crippen LogP contribution in [-0.2, 0) is 14.4 Å². The summed E-state index contributed by atoms with van der Waals surface area (Å²) in [6.07, 6.45) is -5.23. The number of halogens is 3. The number of carbonyl (C=O) groups excluding carboxylic acids is 3. The fourth-order valence-corrected chi connectivity index (χ4v) is 1.07. The summed E-state index contributed by atoms with van der Waals surface area (Å²) in [6, 6.07) is -1.29. The average Bonchev–Trinajstić information content (AvgIpc) is 2.08. The van der Waals surface area contributed by atoms with Crippen molar-refractivity contribution >= 4 is 17.7 Å². The van der Waals surface area contributed by atoms with Gasteiger partial charge in [-0.2, -0.15) is 13.2 Å². The van der Waals surface area contributed by atoms with Gasteiger partial charge in [-0.1, -0.05) is 0 Å². The monoisotopic (exact) mass is 224 g/mol. The Balaban J connectivity index is 2.56. The number of nitrogens with one attached hydrogen (secondary N) is 2. The molecule has 1 aliphatic rings. The molecule has 5 nitrogen and oxygen atoms in total.